The monoisotopic (exact) mass is 233 g/mol. The van der Waals surface area contributed by atoms with Crippen molar-refractivity contribution < 1.29 is 9.53 Å². The molecule has 7 heteroatoms. The quantitative estimate of drug-likeness (QED) is 0.575. The third-order valence-corrected chi connectivity index (χ3v) is 2.19. The Hall–Kier alpha value is -0.880. The maximum atomic E-state index is 11.0. The van der Waals surface area contributed by atoms with Crippen molar-refractivity contribution in [3.05, 3.63) is 11.5 Å². The fourth-order valence-corrected chi connectivity index (χ4v) is 1.48. The first-order chi connectivity index (χ1) is 6.72. The fourth-order valence-electron chi connectivity index (χ4n) is 0.673. The average Bonchev–Trinajstić information content (AvgIpc) is 2.15. The van der Waals surface area contributed by atoms with E-state index in [1.807, 2.05) is 0 Å². The molecule has 0 radical (unpaired) electrons. The van der Waals surface area contributed by atoms with E-state index in [-0.39, 0.29) is 17.0 Å². The number of aromatic nitrogens is 3. The molecule has 76 valence electrons. The van der Waals surface area contributed by atoms with Gasteiger partial charge in [0.1, 0.15) is 5.03 Å². The third kappa shape index (κ3) is 3.89. The number of rotatable bonds is 4. The maximum absolute atomic E-state index is 11.0. The molecule has 0 N–H and O–H groups in total. The van der Waals surface area contributed by atoms with Crippen LogP contribution in [0.15, 0.2) is 11.2 Å². The van der Waals surface area contributed by atoms with Crippen molar-refractivity contribution in [3.63, 3.8) is 0 Å². The number of nitrogens with zero attached hydrogens (tertiary/aromatic N) is 3. The minimum atomic E-state index is -0.285. The van der Waals surface area contributed by atoms with Crippen LogP contribution >= 0.6 is 23.4 Å². The molecule has 0 amide bonds. The Labute approximate surface area is 90.2 Å². The number of carbonyl (C=O) groups excluding carboxylic acids is 1. The van der Waals surface area contributed by atoms with Crippen LogP contribution in [0.2, 0.25) is 5.28 Å². The van der Waals surface area contributed by atoms with Crippen molar-refractivity contribution in [1.82, 2.24) is 15.2 Å². The SMILES string of the molecule is CCOC(=O)CSc1cnnc(Cl)n1. The maximum Gasteiger partial charge on any atom is 0.316 e. The van der Waals surface area contributed by atoms with Crippen molar-refractivity contribution >= 4 is 29.3 Å². The van der Waals surface area contributed by atoms with Gasteiger partial charge in [-0.3, -0.25) is 4.79 Å². The largest absolute Gasteiger partial charge is 0.465 e. The van der Waals surface area contributed by atoms with Crippen LogP contribution in [0.1, 0.15) is 6.92 Å². The van der Waals surface area contributed by atoms with Crippen LogP contribution in [0.5, 0.6) is 0 Å². The number of ether oxygens (including phenoxy) is 1. The lowest BCUT2D eigenvalue weighted by atomic mass is 10.8. The molecule has 0 atom stereocenters. The van der Waals surface area contributed by atoms with Gasteiger partial charge in [-0.1, -0.05) is 11.8 Å². The molecule has 1 heterocycles. The van der Waals surface area contributed by atoms with Crippen LogP contribution < -0.4 is 0 Å². The molecule has 1 aromatic heterocycles. The molecular weight excluding hydrogens is 226 g/mol. The summed E-state index contributed by atoms with van der Waals surface area (Å²) in [4.78, 5) is 14.8. The topological polar surface area (TPSA) is 65.0 Å². The highest BCUT2D eigenvalue weighted by Gasteiger charge is 2.04. The van der Waals surface area contributed by atoms with E-state index in [0.717, 1.165) is 0 Å². The molecule has 0 saturated carbocycles. The van der Waals surface area contributed by atoms with Gasteiger partial charge < -0.3 is 4.74 Å². The minimum absolute atomic E-state index is 0.0684. The molecule has 0 bridgehead atoms. The van der Waals surface area contributed by atoms with E-state index < -0.39 is 0 Å². The number of halogens is 1. The first-order valence-electron chi connectivity index (χ1n) is 3.86. The molecule has 0 saturated heterocycles. The lowest BCUT2D eigenvalue weighted by Gasteiger charge is -2.00. The highest BCUT2D eigenvalue weighted by Crippen LogP contribution is 2.14. The summed E-state index contributed by atoms with van der Waals surface area (Å²) in [5.41, 5.74) is 0. The average molecular weight is 234 g/mol. The predicted octanol–water partition coefficient (Wildman–Crippen LogP) is 1.18. The summed E-state index contributed by atoms with van der Waals surface area (Å²) in [6.45, 7) is 2.13. The Kier molecular flexibility index (Phi) is 4.61. The van der Waals surface area contributed by atoms with Crippen molar-refractivity contribution in [2.45, 2.75) is 11.9 Å². The first kappa shape index (κ1) is 11.2. The Bertz CT molecular complexity index is 324. The van der Waals surface area contributed by atoms with Crippen LogP contribution in [0.25, 0.3) is 0 Å². The van der Waals surface area contributed by atoms with E-state index in [2.05, 4.69) is 15.2 Å². The van der Waals surface area contributed by atoms with Crippen LogP contribution in [0, 0.1) is 0 Å². The zero-order valence-corrected chi connectivity index (χ0v) is 9.01. The summed E-state index contributed by atoms with van der Waals surface area (Å²) >= 11 is 6.72. The van der Waals surface area contributed by atoms with E-state index in [1.54, 1.807) is 6.92 Å². The molecule has 0 unspecified atom stereocenters. The van der Waals surface area contributed by atoms with E-state index in [0.29, 0.717) is 11.6 Å². The van der Waals surface area contributed by atoms with Gasteiger partial charge in [-0.15, -0.1) is 5.10 Å². The van der Waals surface area contributed by atoms with E-state index >= 15 is 0 Å². The van der Waals surface area contributed by atoms with E-state index in [1.165, 1.54) is 18.0 Å². The summed E-state index contributed by atoms with van der Waals surface area (Å²) in [6, 6.07) is 0. The van der Waals surface area contributed by atoms with Crippen molar-refractivity contribution in [2.24, 2.45) is 0 Å². The second kappa shape index (κ2) is 5.77. The highest BCUT2D eigenvalue weighted by atomic mass is 35.5. The molecule has 0 aromatic carbocycles. The Balaban J connectivity index is 2.41. The zero-order valence-electron chi connectivity index (χ0n) is 7.44. The number of hydrogen-bond donors (Lipinski definition) is 0. The summed E-state index contributed by atoms with van der Waals surface area (Å²) in [6.07, 6.45) is 1.44. The Morgan fingerprint density at radius 2 is 2.50 bits per heavy atom. The number of esters is 1. The number of hydrogen-bond acceptors (Lipinski definition) is 6. The van der Waals surface area contributed by atoms with Gasteiger partial charge in [0.05, 0.1) is 18.6 Å². The van der Waals surface area contributed by atoms with E-state index in [9.17, 15) is 4.79 Å². The second-order valence-electron chi connectivity index (χ2n) is 2.16. The zero-order chi connectivity index (χ0) is 10.4. The second-order valence-corrected chi connectivity index (χ2v) is 3.49. The highest BCUT2D eigenvalue weighted by molar-refractivity contribution is 7.99. The Morgan fingerprint density at radius 1 is 1.71 bits per heavy atom. The third-order valence-electron chi connectivity index (χ3n) is 1.15. The summed E-state index contributed by atoms with van der Waals surface area (Å²) < 4.78 is 4.74. The lowest BCUT2D eigenvalue weighted by Crippen LogP contribution is -2.06. The van der Waals surface area contributed by atoms with Gasteiger partial charge in [-0.05, 0) is 18.5 Å². The van der Waals surface area contributed by atoms with Crippen molar-refractivity contribution in [3.8, 4) is 0 Å². The number of carbonyl (C=O) groups is 1. The van der Waals surface area contributed by atoms with Crippen molar-refractivity contribution in [2.75, 3.05) is 12.4 Å². The fraction of sp³-hybridized carbons (Fsp3) is 0.429. The van der Waals surface area contributed by atoms with Crippen LogP contribution in [0.4, 0.5) is 0 Å². The van der Waals surface area contributed by atoms with Gasteiger partial charge in [0, 0.05) is 0 Å². The van der Waals surface area contributed by atoms with Gasteiger partial charge >= 0.3 is 5.97 Å². The molecule has 0 fully saturated rings. The van der Waals surface area contributed by atoms with E-state index in [4.69, 9.17) is 16.3 Å². The number of thioether (sulfide) groups is 1. The van der Waals surface area contributed by atoms with Gasteiger partial charge in [0.25, 0.3) is 0 Å². The van der Waals surface area contributed by atoms with Gasteiger partial charge in [-0.2, -0.15) is 5.10 Å². The molecular formula is C7H8ClN3O2S. The van der Waals surface area contributed by atoms with Gasteiger partial charge in [-0.25, -0.2) is 4.98 Å². The minimum Gasteiger partial charge on any atom is -0.465 e. The molecule has 0 aliphatic rings. The Morgan fingerprint density at radius 3 is 3.14 bits per heavy atom. The standard InChI is InChI=1S/C7H8ClN3O2S/c1-2-13-6(12)4-14-5-3-9-11-7(8)10-5/h3H,2,4H2,1H3. The molecule has 0 aliphatic heterocycles. The van der Waals surface area contributed by atoms with Crippen LogP contribution in [-0.4, -0.2) is 33.5 Å². The molecule has 5 nitrogen and oxygen atoms in total. The molecule has 0 aliphatic carbocycles. The van der Waals surface area contributed by atoms with Crippen LogP contribution in [0.3, 0.4) is 0 Å². The predicted molar refractivity (Wildman–Crippen MR) is 52.2 cm³/mol. The van der Waals surface area contributed by atoms with Gasteiger partial charge in [0.15, 0.2) is 0 Å². The molecule has 0 spiro atoms. The smallest absolute Gasteiger partial charge is 0.316 e. The normalized spacial score (nSPS) is 9.86. The molecule has 1 aromatic rings. The summed E-state index contributed by atoms with van der Waals surface area (Å²) in [5, 5.41) is 7.69. The van der Waals surface area contributed by atoms with Gasteiger partial charge in [0.2, 0.25) is 5.28 Å². The lowest BCUT2D eigenvalue weighted by molar-refractivity contribution is -0.139. The first-order valence-corrected chi connectivity index (χ1v) is 5.22. The summed E-state index contributed by atoms with van der Waals surface area (Å²) in [5.74, 6) is -0.0877. The van der Waals surface area contributed by atoms with Crippen molar-refractivity contribution in [1.29, 1.82) is 0 Å². The van der Waals surface area contributed by atoms with Crippen LogP contribution in [-0.2, 0) is 9.53 Å². The molecule has 14 heavy (non-hydrogen) atoms. The molecule has 1 rings (SSSR count). The summed E-state index contributed by atoms with van der Waals surface area (Å²) in [7, 11) is 0.